The van der Waals surface area contributed by atoms with Crippen molar-refractivity contribution in [1.82, 2.24) is 40.4 Å². The number of H-pyrrole nitrogens is 2. The van der Waals surface area contributed by atoms with Gasteiger partial charge in [-0.1, -0.05) is 25.0 Å². The molecule has 0 unspecified atom stereocenters. The van der Waals surface area contributed by atoms with Gasteiger partial charge in [-0.2, -0.15) is 5.10 Å². The number of rotatable bonds is 7. The molecule has 5 heterocycles. The number of pyridine rings is 3. The Morgan fingerprint density at radius 3 is 2.67 bits per heavy atom. The first-order valence-electron chi connectivity index (χ1n) is 13.4. The maximum atomic E-state index is 16.1. The van der Waals surface area contributed by atoms with Gasteiger partial charge in [-0.3, -0.25) is 20.1 Å². The molecule has 10 heteroatoms. The summed E-state index contributed by atoms with van der Waals surface area (Å²) < 4.78 is 30.0. The molecule has 200 valence electrons. The molecule has 0 amide bonds. The van der Waals surface area contributed by atoms with E-state index in [0.29, 0.717) is 51.4 Å². The molecule has 5 aromatic heterocycles. The fourth-order valence-electron chi connectivity index (χ4n) is 5.59. The SMILES string of the molecule is Fc1cccc(-c2nccc3[nH]c(-c4n[nH]c5cnc(-c6cncc(CNCC7CCCC7)c6)c(F)c45)nc23)c1. The average molecular weight is 537 g/mol. The van der Waals surface area contributed by atoms with Crippen LogP contribution in [0.5, 0.6) is 0 Å². The number of aromatic amines is 2. The van der Waals surface area contributed by atoms with Gasteiger partial charge in [0.25, 0.3) is 0 Å². The summed E-state index contributed by atoms with van der Waals surface area (Å²) in [6.45, 7) is 1.65. The minimum absolute atomic E-state index is 0.193. The Morgan fingerprint density at radius 1 is 0.900 bits per heavy atom. The number of fused-ring (bicyclic) bond motifs is 2. The number of halogens is 2. The first-order chi connectivity index (χ1) is 19.6. The minimum Gasteiger partial charge on any atom is -0.336 e. The highest BCUT2D eigenvalue weighted by molar-refractivity contribution is 5.97. The second-order valence-corrected chi connectivity index (χ2v) is 10.3. The average Bonchev–Trinajstić information content (AvgIpc) is 3.73. The van der Waals surface area contributed by atoms with Gasteiger partial charge in [0.1, 0.15) is 22.7 Å². The fraction of sp³-hybridized carbons (Fsp3) is 0.233. The number of aromatic nitrogens is 7. The molecule has 0 bridgehead atoms. The zero-order chi connectivity index (χ0) is 27.1. The van der Waals surface area contributed by atoms with Crippen LogP contribution in [0, 0.1) is 17.6 Å². The summed E-state index contributed by atoms with van der Waals surface area (Å²) in [5.74, 6) is 0.223. The van der Waals surface area contributed by atoms with Crippen molar-refractivity contribution in [3.63, 3.8) is 0 Å². The second-order valence-electron chi connectivity index (χ2n) is 10.3. The largest absolute Gasteiger partial charge is 0.336 e. The van der Waals surface area contributed by atoms with Gasteiger partial charge < -0.3 is 10.3 Å². The highest BCUT2D eigenvalue weighted by atomic mass is 19.1. The van der Waals surface area contributed by atoms with E-state index in [0.717, 1.165) is 18.0 Å². The molecule has 1 aromatic carbocycles. The van der Waals surface area contributed by atoms with E-state index >= 15 is 4.39 Å². The molecule has 0 spiro atoms. The summed E-state index contributed by atoms with van der Waals surface area (Å²) in [7, 11) is 0. The van der Waals surface area contributed by atoms with Crippen LogP contribution in [0.25, 0.3) is 56.0 Å². The summed E-state index contributed by atoms with van der Waals surface area (Å²) in [6.07, 6.45) is 11.8. The first-order valence-corrected chi connectivity index (χ1v) is 13.4. The standard InChI is InChI=1S/C30H26F2N8/c31-21-7-3-6-19(11-21)27-28-22(8-9-35-27)37-30(38-28)29-24-23(39-40-29)16-36-26(25(24)32)20-10-18(14-34-15-20)13-33-12-17-4-1-2-5-17/h3,6-11,14-17,33H,1-2,4-5,12-13H2,(H,37,38)(H,39,40). The number of imidazole rings is 1. The van der Waals surface area contributed by atoms with E-state index in [1.807, 2.05) is 6.07 Å². The third kappa shape index (κ3) is 4.50. The third-order valence-corrected chi connectivity index (χ3v) is 7.57. The minimum atomic E-state index is -0.511. The topological polar surface area (TPSA) is 108 Å². The van der Waals surface area contributed by atoms with Crippen LogP contribution in [0.4, 0.5) is 8.78 Å². The van der Waals surface area contributed by atoms with Gasteiger partial charge in [-0.25, -0.2) is 13.8 Å². The van der Waals surface area contributed by atoms with Crippen LogP contribution >= 0.6 is 0 Å². The van der Waals surface area contributed by atoms with Crippen molar-refractivity contribution in [1.29, 1.82) is 0 Å². The van der Waals surface area contributed by atoms with Gasteiger partial charge in [0.2, 0.25) is 0 Å². The van der Waals surface area contributed by atoms with E-state index in [-0.39, 0.29) is 16.9 Å². The van der Waals surface area contributed by atoms with Gasteiger partial charge in [-0.05, 0) is 55.1 Å². The summed E-state index contributed by atoms with van der Waals surface area (Å²) in [5, 5.41) is 11.0. The van der Waals surface area contributed by atoms with Crippen LogP contribution in [-0.2, 0) is 6.54 Å². The summed E-state index contributed by atoms with van der Waals surface area (Å²) in [5.41, 5.74) is 4.85. The first kappa shape index (κ1) is 24.5. The van der Waals surface area contributed by atoms with Crippen LogP contribution < -0.4 is 5.32 Å². The number of benzene rings is 1. The molecule has 0 atom stereocenters. The van der Waals surface area contributed by atoms with Gasteiger partial charge in [0.05, 0.1) is 28.3 Å². The Balaban J connectivity index is 1.24. The number of hydrogen-bond donors (Lipinski definition) is 3. The molecular weight excluding hydrogens is 510 g/mol. The number of nitrogens with one attached hydrogen (secondary N) is 3. The highest BCUT2D eigenvalue weighted by Crippen LogP contribution is 2.34. The summed E-state index contributed by atoms with van der Waals surface area (Å²) in [4.78, 5) is 21.1. The van der Waals surface area contributed by atoms with Crippen molar-refractivity contribution in [2.45, 2.75) is 32.2 Å². The predicted octanol–water partition coefficient (Wildman–Crippen LogP) is 6.18. The molecule has 0 saturated heterocycles. The zero-order valence-corrected chi connectivity index (χ0v) is 21.6. The van der Waals surface area contributed by atoms with Crippen molar-refractivity contribution in [2.24, 2.45) is 5.92 Å². The molecule has 40 heavy (non-hydrogen) atoms. The lowest BCUT2D eigenvalue weighted by Crippen LogP contribution is -2.20. The van der Waals surface area contributed by atoms with Crippen LogP contribution in [0.1, 0.15) is 31.2 Å². The van der Waals surface area contributed by atoms with Crippen molar-refractivity contribution in [3.05, 3.63) is 78.4 Å². The molecule has 0 aliphatic heterocycles. The van der Waals surface area contributed by atoms with E-state index in [2.05, 4.69) is 35.5 Å². The van der Waals surface area contributed by atoms with Crippen molar-refractivity contribution >= 4 is 21.9 Å². The smallest absolute Gasteiger partial charge is 0.161 e. The number of hydrogen-bond acceptors (Lipinski definition) is 6. The van der Waals surface area contributed by atoms with Crippen molar-refractivity contribution in [3.8, 4) is 34.0 Å². The predicted molar refractivity (Wildman–Crippen MR) is 149 cm³/mol. The lowest BCUT2D eigenvalue weighted by atomic mass is 10.1. The van der Waals surface area contributed by atoms with Crippen LogP contribution in [0.2, 0.25) is 0 Å². The van der Waals surface area contributed by atoms with Gasteiger partial charge in [-0.15, -0.1) is 0 Å². The third-order valence-electron chi connectivity index (χ3n) is 7.57. The van der Waals surface area contributed by atoms with Gasteiger partial charge in [0.15, 0.2) is 11.6 Å². The Labute approximate surface area is 228 Å². The molecule has 6 aromatic rings. The lowest BCUT2D eigenvalue weighted by Gasteiger charge is -2.11. The van der Waals surface area contributed by atoms with E-state index < -0.39 is 5.82 Å². The van der Waals surface area contributed by atoms with Gasteiger partial charge in [0, 0.05) is 36.3 Å². The summed E-state index contributed by atoms with van der Waals surface area (Å²) >= 11 is 0. The lowest BCUT2D eigenvalue weighted by molar-refractivity contribution is 0.489. The fourth-order valence-corrected chi connectivity index (χ4v) is 5.59. The molecule has 3 N–H and O–H groups in total. The summed E-state index contributed by atoms with van der Waals surface area (Å²) in [6, 6.07) is 9.87. The Bertz CT molecular complexity index is 1840. The van der Waals surface area contributed by atoms with E-state index in [4.69, 9.17) is 4.98 Å². The quantitative estimate of drug-likeness (QED) is 0.225. The Kier molecular flexibility index (Phi) is 6.24. The van der Waals surface area contributed by atoms with E-state index in [1.165, 1.54) is 37.8 Å². The van der Waals surface area contributed by atoms with Gasteiger partial charge >= 0.3 is 0 Å². The Morgan fingerprint density at radius 2 is 1.80 bits per heavy atom. The highest BCUT2D eigenvalue weighted by Gasteiger charge is 2.22. The molecule has 1 fully saturated rings. The molecule has 1 saturated carbocycles. The molecule has 1 aliphatic carbocycles. The van der Waals surface area contributed by atoms with Crippen molar-refractivity contribution < 1.29 is 8.78 Å². The maximum absolute atomic E-state index is 16.1. The normalized spacial score (nSPS) is 14.1. The van der Waals surface area contributed by atoms with Crippen LogP contribution in [0.3, 0.4) is 0 Å². The Hall–Kier alpha value is -4.57. The van der Waals surface area contributed by atoms with E-state index in [1.54, 1.807) is 43.0 Å². The monoisotopic (exact) mass is 536 g/mol. The van der Waals surface area contributed by atoms with Crippen LogP contribution in [0.15, 0.2) is 61.2 Å². The molecule has 7 rings (SSSR count). The molecule has 8 nitrogen and oxygen atoms in total. The van der Waals surface area contributed by atoms with Crippen LogP contribution in [-0.4, -0.2) is 41.7 Å². The van der Waals surface area contributed by atoms with Crippen molar-refractivity contribution in [2.75, 3.05) is 6.54 Å². The molecule has 1 aliphatic rings. The number of nitrogens with zero attached hydrogens (tertiary/aromatic N) is 5. The van der Waals surface area contributed by atoms with E-state index in [9.17, 15) is 4.39 Å². The molecule has 0 radical (unpaired) electrons. The maximum Gasteiger partial charge on any atom is 0.161 e. The zero-order valence-electron chi connectivity index (χ0n) is 21.6. The second kappa shape index (κ2) is 10.2. The molecular formula is C30H26F2N8.